The van der Waals surface area contributed by atoms with Gasteiger partial charge in [0.15, 0.2) is 5.69 Å². The summed E-state index contributed by atoms with van der Waals surface area (Å²) in [6.45, 7) is 0. The molecule has 0 aliphatic heterocycles. The molecule has 0 saturated carbocycles. The third-order valence-electron chi connectivity index (χ3n) is 2.26. The van der Waals surface area contributed by atoms with Gasteiger partial charge in [-0.05, 0) is 17.7 Å². The lowest BCUT2D eigenvalue weighted by atomic mass is 10.1. The lowest BCUT2D eigenvalue weighted by Crippen LogP contribution is -1.97. The van der Waals surface area contributed by atoms with Crippen molar-refractivity contribution in [1.82, 2.24) is 4.98 Å². The molecule has 1 aromatic heterocycles. The maximum atomic E-state index is 10.7. The fourth-order valence-corrected chi connectivity index (χ4v) is 2.25. The van der Waals surface area contributed by atoms with Gasteiger partial charge in [0.2, 0.25) is 0 Å². The van der Waals surface area contributed by atoms with Crippen molar-refractivity contribution in [2.75, 3.05) is 7.11 Å². The Morgan fingerprint density at radius 3 is 3.00 bits per heavy atom. The first kappa shape index (κ1) is 11.6. The topological polar surface area (TPSA) is 59.4 Å². The highest BCUT2D eigenvalue weighted by atomic mass is 32.1. The van der Waals surface area contributed by atoms with Crippen molar-refractivity contribution in [1.29, 1.82) is 0 Å². The number of benzene rings is 1. The normalized spacial score (nSPS) is 10.2. The van der Waals surface area contributed by atoms with Crippen LogP contribution < -0.4 is 4.74 Å². The molecule has 0 unspecified atom stereocenters. The van der Waals surface area contributed by atoms with E-state index in [4.69, 9.17) is 9.84 Å². The number of methoxy groups -OCH3 is 1. The molecular formula is C12H11NO3S. The minimum atomic E-state index is -0.988. The summed E-state index contributed by atoms with van der Waals surface area (Å²) >= 11 is 1.35. The van der Waals surface area contributed by atoms with Crippen molar-refractivity contribution in [3.8, 4) is 5.75 Å². The van der Waals surface area contributed by atoms with Gasteiger partial charge in [-0.15, -0.1) is 11.3 Å². The van der Waals surface area contributed by atoms with Crippen molar-refractivity contribution < 1.29 is 14.6 Å². The van der Waals surface area contributed by atoms with Crippen LogP contribution in [0.2, 0.25) is 0 Å². The second kappa shape index (κ2) is 4.97. The first-order chi connectivity index (χ1) is 8.19. The minimum Gasteiger partial charge on any atom is -0.497 e. The molecule has 4 nitrogen and oxygen atoms in total. The van der Waals surface area contributed by atoms with Crippen LogP contribution >= 0.6 is 11.3 Å². The molecule has 17 heavy (non-hydrogen) atoms. The summed E-state index contributed by atoms with van der Waals surface area (Å²) in [4.78, 5) is 14.7. The van der Waals surface area contributed by atoms with Gasteiger partial charge in [0.05, 0.1) is 12.1 Å². The van der Waals surface area contributed by atoms with E-state index in [1.807, 2.05) is 24.3 Å². The Morgan fingerprint density at radius 1 is 1.53 bits per heavy atom. The predicted octanol–water partition coefficient (Wildman–Crippen LogP) is 2.44. The van der Waals surface area contributed by atoms with E-state index < -0.39 is 5.97 Å². The highest BCUT2D eigenvalue weighted by molar-refractivity contribution is 7.09. The standard InChI is InChI=1S/C12H11NO3S/c1-16-9-4-2-3-8(5-9)6-11-13-10(7-17-11)12(14)15/h2-5,7H,6H2,1H3,(H,14,15). The quantitative estimate of drug-likeness (QED) is 0.904. The second-order valence-corrected chi connectivity index (χ2v) is 4.40. The summed E-state index contributed by atoms with van der Waals surface area (Å²) in [5.41, 5.74) is 1.16. The summed E-state index contributed by atoms with van der Waals surface area (Å²) < 4.78 is 5.12. The van der Waals surface area contributed by atoms with E-state index >= 15 is 0 Å². The summed E-state index contributed by atoms with van der Waals surface area (Å²) in [6.07, 6.45) is 0.620. The zero-order valence-electron chi connectivity index (χ0n) is 9.21. The van der Waals surface area contributed by atoms with Gasteiger partial charge in [-0.1, -0.05) is 12.1 Å². The lowest BCUT2D eigenvalue weighted by Gasteiger charge is -2.02. The van der Waals surface area contributed by atoms with Gasteiger partial charge in [-0.2, -0.15) is 0 Å². The third kappa shape index (κ3) is 2.82. The van der Waals surface area contributed by atoms with Crippen molar-refractivity contribution in [2.24, 2.45) is 0 Å². The molecule has 5 heteroatoms. The van der Waals surface area contributed by atoms with Crippen molar-refractivity contribution in [2.45, 2.75) is 6.42 Å². The number of carbonyl (C=O) groups is 1. The van der Waals surface area contributed by atoms with E-state index in [2.05, 4.69) is 4.98 Å². The highest BCUT2D eigenvalue weighted by Gasteiger charge is 2.09. The molecule has 0 saturated heterocycles. The molecule has 0 radical (unpaired) electrons. The van der Waals surface area contributed by atoms with Crippen LogP contribution in [0.4, 0.5) is 0 Å². The van der Waals surface area contributed by atoms with Gasteiger partial charge in [0, 0.05) is 11.8 Å². The molecule has 0 fully saturated rings. The van der Waals surface area contributed by atoms with Crippen molar-refractivity contribution in [3.63, 3.8) is 0 Å². The zero-order valence-corrected chi connectivity index (χ0v) is 10.0. The first-order valence-electron chi connectivity index (χ1n) is 4.99. The number of rotatable bonds is 4. The monoisotopic (exact) mass is 249 g/mol. The van der Waals surface area contributed by atoms with Gasteiger partial charge in [0.1, 0.15) is 5.75 Å². The largest absolute Gasteiger partial charge is 0.497 e. The minimum absolute atomic E-state index is 0.105. The Balaban J connectivity index is 2.16. The number of hydrogen-bond acceptors (Lipinski definition) is 4. The van der Waals surface area contributed by atoms with E-state index in [1.165, 1.54) is 11.3 Å². The van der Waals surface area contributed by atoms with Crippen molar-refractivity contribution in [3.05, 3.63) is 45.9 Å². The van der Waals surface area contributed by atoms with Crippen LogP contribution in [0.5, 0.6) is 5.75 Å². The van der Waals surface area contributed by atoms with Gasteiger partial charge < -0.3 is 9.84 Å². The average Bonchev–Trinajstić information content (AvgIpc) is 2.78. The maximum absolute atomic E-state index is 10.7. The van der Waals surface area contributed by atoms with Crippen LogP contribution in [-0.4, -0.2) is 23.2 Å². The molecular weight excluding hydrogens is 238 g/mol. The van der Waals surface area contributed by atoms with Crippen LogP contribution in [-0.2, 0) is 6.42 Å². The number of nitrogens with zero attached hydrogens (tertiary/aromatic N) is 1. The first-order valence-corrected chi connectivity index (χ1v) is 5.87. The fourth-order valence-electron chi connectivity index (χ4n) is 1.45. The van der Waals surface area contributed by atoms with Gasteiger partial charge >= 0.3 is 5.97 Å². The van der Waals surface area contributed by atoms with E-state index in [0.29, 0.717) is 6.42 Å². The molecule has 0 aliphatic carbocycles. The SMILES string of the molecule is COc1cccc(Cc2nc(C(=O)O)cs2)c1. The molecule has 0 atom stereocenters. The van der Waals surface area contributed by atoms with Gasteiger partial charge in [-0.25, -0.2) is 9.78 Å². The smallest absolute Gasteiger partial charge is 0.355 e. The van der Waals surface area contributed by atoms with Gasteiger partial charge in [-0.3, -0.25) is 0 Å². The van der Waals surface area contributed by atoms with E-state index in [-0.39, 0.29) is 5.69 Å². The Bertz CT molecular complexity index is 536. The molecule has 1 aromatic carbocycles. The van der Waals surface area contributed by atoms with Crippen LogP contribution in [0.1, 0.15) is 21.1 Å². The molecule has 1 N–H and O–H groups in total. The summed E-state index contributed by atoms with van der Waals surface area (Å²) in [5.74, 6) is -0.198. The van der Waals surface area contributed by atoms with Gasteiger partial charge in [0.25, 0.3) is 0 Å². The maximum Gasteiger partial charge on any atom is 0.355 e. The molecule has 0 aliphatic rings. The lowest BCUT2D eigenvalue weighted by molar-refractivity contribution is 0.0691. The van der Waals surface area contributed by atoms with E-state index in [9.17, 15) is 4.79 Å². The molecule has 2 aromatic rings. The second-order valence-electron chi connectivity index (χ2n) is 3.46. The Labute approximate surface area is 103 Å². The number of carboxylic acid groups (broad SMARTS) is 1. The Hall–Kier alpha value is -1.88. The van der Waals surface area contributed by atoms with Crippen molar-refractivity contribution >= 4 is 17.3 Å². The molecule has 88 valence electrons. The predicted molar refractivity (Wildman–Crippen MR) is 64.9 cm³/mol. The summed E-state index contributed by atoms with van der Waals surface area (Å²) in [6, 6.07) is 7.65. The molecule has 2 rings (SSSR count). The number of aromatic nitrogens is 1. The number of carboxylic acids is 1. The van der Waals surface area contributed by atoms with Crippen LogP contribution in [0, 0.1) is 0 Å². The van der Waals surface area contributed by atoms with Crippen LogP contribution in [0.15, 0.2) is 29.6 Å². The summed E-state index contributed by atoms with van der Waals surface area (Å²) in [7, 11) is 1.62. The van der Waals surface area contributed by atoms with E-state index in [1.54, 1.807) is 12.5 Å². The molecule has 0 amide bonds. The third-order valence-corrected chi connectivity index (χ3v) is 3.11. The summed E-state index contributed by atoms with van der Waals surface area (Å²) in [5, 5.41) is 11.1. The average molecular weight is 249 g/mol. The molecule has 0 spiro atoms. The number of hydrogen-bond donors (Lipinski definition) is 1. The van der Waals surface area contributed by atoms with E-state index in [0.717, 1.165) is 16.3 Å². The number of thiazole rings is 1. The van der Waals surface area contributed by atoms with Crippen LogP contribution in [0.25, 0.3) is 0 Å². The molecule has 0 bridgehead atoms. The fraction of sp³-hybridized carbons (Fsp3) is 0.167. The zero-order chi connectivity index (χ0) is 12.3. The number of ether oxygens (including phenoxy) is 1. The number of aromatic carboxylic acids is 1. The highest BCUT2D eigenvalue weighted by Crippen LogP contribution is 2.18. The Kier molecular flexibility index (Phi) is 3.39. The Morgan fingerprint density at radius 2 is 2.35 bits per heavy atom. The molecule has 1 heterocycles. The van der Waals surface area contributed by atoms with Crippen LogP contribution in [0.3, 0.4) is 0 Å².